The molecular weight excluding hydrogens is 288 g/mol. The van der Waals surface area contributed by atoms with Gasteiger partial charge in [0.25, 0.3) is 0 Å². The summed E-state index contributed by atoms with van der Waals surface area (Å²) in [4.78, 5) is 0. The summed E-state index contributed by atoms with van der Waals surface area (Å²) in [6.45, 7) is 0. The molecule has 0 unspecified atom stereocenters. The zero-order chi connectivity index (χ0) is 9.00. The summed E-state index contributed by atoms with van der Waals surface area (Å²) in [6.07, 6.45) is 0. The molecule has 0 heterocycles. The van der Waals surface area contributed by atoms with Crippen LogP contribution < -0.4 is 0 Å². The normalized spacial score (nSPS) is 10.0. The molecule has 0 amide bonds. The van der Waals surface area contributed by atoms with E-state index in [1.54, 1.807) is 0 Å². The van der Waals surface area contributed by atoms with E-state index in [0.717, 1.165) is 0 Å². The van der Waals surface area contributed by atoms with Crippen LogP contribution >= 0.6 is 0 Å². The van der Waals surface area contributed by atoms with Crippen LogP contribution in [0, 0.1) is 0 Å². The van der Waals surface area contributed by atoms with Crippen LogP contribution in [0.4, 0.5) is 0 Å². The van der Waals surface area contributed by atoms with Crippen molar-refractivity contribution in [3.8, 4) is 0 Å². The van der Waals surface area contributed by atoms with Gasteiger partial charge >= 0.3 is 127 Å². The quantitative estimate of drug-likeness (QED) is 0.205. The van der Waals surface area contributed by atoms with Crippen LogP contribution in [0.2, 0.25) is 0 Å². The minimum absolute atomic E-state index is 0. The third-order valence-corrected chi connectivity index (χ3v) is 0. The monoisotopic (exact) mass is 300 g/mol. The van der Waals surface area contributed by atoms with Gasteiger partial charge in [-0.05, 0) is 0 Å². The van der Waals surface area contributed by atoms with E-state index in [9.17, 15) is 0 Å². The molecule has 8 nitrogen and oxygen atoms in total. The van der Waals surface area contributed by atoms with Gasteiger partial charge in [0.1, 0.15) is 0 Å². The first-order valence-electron chi connectivity index (χ1n) is 1.79. The molecule has 0 aliphatic rings. The van der Waals surface area contributed by atoms with E-state index in [1.807, 2.05) is 0 Å². The van der Waals surface area contributed by atoms with Crippen molar-refractivity contribution in [2.24, 2.45) is 0 Å². The Kier molecular flexibility index (Phi) is 21.6. The molecule has 0 aromatic heterocycles. The third-order valence-electron chi connectivity index (χ3n) is 0. The van der Waals surface area contributed by atoms with Crippen molar-refractivity contribution in [3.05, 3.63) is 0 Å². The Morgan fingerprint density at radius 2 is 0.500 bits per heavy atom. The van der Waals surface area contributed by atoms with Crippen LogP contribution in [0.1, 0.15) is 0 Å². The second-order valence-electron chi connectivity index (χ2n) is 1.20. The zero-order valence-electron chi connectivity index (χ0n) is 4.58. The molecular formula is H12CaMgO8Ti2. The summed E-state index contributed by atoms with van der Waals surface area (Å²) in [7, 11) is 0. The number of hydrogen-bond donors (Lipinski definition) is 8. The van der Waals surface area contributed by atoms with E-state index in [2.05, 4.69) is 0 Å². The van der Waals surface area contributed by atoms with Gasteiger partial charge in [0.2, 0.25) is 0 Å². The van der Waals surface area contributed by atoms with Crippen LogP contribution in [0.3, 0.4) is 0 Å². The molecule has 0 aromatic carbocycles. The Morgan fingerprint density at radius 1 is 0.500 bits per heavy atom. The molecule has 0 radical (unpaired) electrons. The maximum absolute atomic E-state index is 7.38. The van der Waals surface area contributed by atoms with Crippen LogP contribution in [-0.2, 0) is 36.3 Å². The van der Waals surface area contributed by atoms with Crippen molar-refractivity contribution >= 4 is 60.8 Å². The summed E-state index contributed by atoms with van der Waals surface area (Å²) in [5.41, 5.74) is 0. The maximum atomic E-state index is 7.38. The molecule has 0 aliphatic carbocycles. The molecule has 8 N–H and O–H groups in total. The Balaban J connectivity index is -0.0000000457. The predicted octanol–water partition coefficient (Wildman–Crippen LogP) is -6.29. The number of hydrogen-bond acceptors (Lipinski definition) is 8. The number of rotatable bonds is 0. The fourth-order valence-corrected chi connectivity index (χ4v) is 0. The molecule has 0 saturated carbocycles. The molecule has 12 heteroatoms. The topological polar surface area (TPSA) is 162 Å². The fraction of sp³-hybridized carbons (Fsp3) is 0. The Labute approximate surface area is 124 Å². The van der Waals surface area contributed by atoms with Crippen molar-refractivity contribution in [3.63, 3.8) is 0 Å². The van der Waals surface area contributed by atoms with Gasteiger partial charge in [0.05, 0.1) is 0 Å². The average Bonchev–Trinajstić information content (AvgIpc) is 1.12. The SMILES string of the molecule is [CaH2].[MgH2].[OH][Ti]([OH])([OH])[OH].[OH][Ti]([OH])([OH])[OH]. The van der Waals surface area contributed by atoms with Gasteiger partial charge in [-0.25, -0.2) is 0 Å². The van der Waals surface area contributed by atoms with Crippen molar-refractivity contribution < 1.29 is 65.8 Å². The molecule has 0 saturated heterocycles. The summed E-state index contributed by atoms with van der Waals surface area (Å²) in [5.74, 6) is 0. The van der Waals surface area contributed by atoms with Gasteiger partial charge in [0.15, 0.2) is 0 Å². The van der Waals surface area contributed by atoms with Crippen molar-refractivity contribution in [2.45, 2.75) is 0 Å². The van der Waals surface area contributed by atoms with E-state index in [1.165, 1.54) is 0 Å². The van der Waals surface area contributed by atoms with Gasteiger partial charge in [-0.1, -0.05) is 0 Å². The van der Waals surface area contributed by atoms with Gasteiger partial charge in [-0.2, -0.15) is 0 Å². The third kappa shape index (κ3) is 197. The molecule has 0 aromatic rings. The first-order valence-corrected chi connectivity index (χ1v) is 7.38. The van der Waals surface area contributed by atoms with Crippen molar-refractivity contribution in [1.82, 2.24) is 0 Å². The van der Waals surface area contributed by atoms with Gasteiger partial charge in [-0.3, -0.25) is 0 Å². The molecule has 0 atom stereocenters. The van der Waals surface area contributed by atoms with Crippen LogP contribution in [0.15, 0.2) is 0 Å². The molecule has 0 fully saturated rings. The van der Waals surface area contributed by atoms with E-state index in [-0.39, 0.29) is 60.8 Å². The second kappa shape index (κ2) is 10.6. The first-order chi connectivity index (χ1) is 4.00. The standard InChI is InChI=1S/Ca.Mg.8H2O.2Ti.4H/h;;8*1H2;;;;;;/q;;;;;;;;;;2*+4;;;;/p-8. The van der Waals surface area contributed by atoms with Crippen LogP contribution in [0.25, 0.3) is 0 Å². The second-order valence-corrected chi connectivity index (χ2v) is 4.95. The minimum atomic E-state index is -5.00. The van der Waals surface area contributed by atoms with E-state index >= 15 is 0 Å². The van der Waals surface area contributed by atoms with Gasteiger partial charge in [0, 0.05) is 0 Å². The van der Waals surface area contributed by atoms with Crippen LogP contribution in [0.5, 0.6) is 0 Å². The van der Waals surface area contributed by atoms with Gasteiger partial charge in [-0.15, -0.1) is 0 Å². The summed E-state index contributed by atoms with van der Waals surface area (Å²) < 4.78 is 59.0. The zero-order valence-corrected chi connectivity index (χ0v) is 7.70. The first kappa shape index (κ1) is 24.4. The van der Waals surface area contributed by atoms with E-state index < -0.39 is 36.3 Å². The van der Waals surface area contributed by atoms with Crippen LogP contribution in [-0.4, -0.2) is 90.3 Å². The molecule has 12 heavy (non-hydrogen) atoms. The van der Waals surface area contributed by atoms with E-state index in [0.29, 0.717) is 0 Å². The Bertz CT molecular complexity index is 60.0. The summed E-state index contributed by atoms with van der Waals surface area (Å²) in [5, 5.41) is 0. The van der Waals surface area contributed by atoms with Crippen molar-refractivity contribution in [1.29, 1.82) is 0 Å². The summed E-state index contributed by atoms with van der Waals surface area (Å²) in [6, 6.07) is 0. The molecule has 0 spiro atoms. The molecule has 0 rings (SSSR count). The van der Waals surface area contributed by atoms with Gasteiger partial charge < -0.3 is 0 Å². The van der Waals surface area contributed by atoms with Crippen molar-refractivity contribution in [2.75, 3.05) is 0 Å². The Morgan fingerprint density at radius 3 is 0.500 bits per heavy atom. The average molecular weight is 300 g/mol. The predicted molar refractivity (Wildman–Crippen MR) is 34.8 cm³/mol. The van der Waals surface area contributed by atoms with E-state index in [4.69, 9.17) is 29.5 Å². The Hall–Kier alpha value is 3.13. The molecule has 0 bridgehead atoms. The molecule has 0 aliphatic heterocycles. The summed E-state index contributed by atoms with van der Waals surface area (Å²) >= 11 is -10.0. The molecule has 72 valence electrons. The fourth-order valence-electron chi connectivity index (χ4n) is 0.